The highest BCUT2D eigenvalue weighted by molar-refractivity contribution is 5.94. The molecular formula is C20H24F2N2O4. The monoisotopic (exact) mass is 394 g/mol. The van der Waals surface area contributed by atoms with Gasteiger partial charge in [0.1, 0.15) is 17.7 Å². The van der Waals surface area contributed by atoms with Crippen LogP contribution in [0.2, 0.25) is 0 Å². The minimum absolute atomic E-state index is 0.0878. The van der Waals surface area contributed by atoms with E-state index in [1.54, 1.807) is 4.90 Å². The molecule has 1 unspecified atom stereocenters. The van der Waals surface area contributed by atoms with E-state index in [2.05, 4.69) is 0 Å². The van der Waals surface area contributed by atoms with Gasteiger partial charge in [0, 0.05) is 31.6 Å². The summed E-state index contributed by atoms with van der Waals surface area (Å²) in [7, 11) is 1.32. The molecule has 0 aromatic heterocycles. The number of piperidine rings is 2. The highest BCUT2D eigenvalue weighted by Crippen LogP contribution is 2.26. The van der Waals surface area contributed by atoms with Gasteiger partial charge in [-0.05, 0) is 44.2 Å². The van der Waals surface area contributed by atoms with Gasteiger partial charge in [0.15, 0.2) is 0 Å². The zero-order chi connectivity index (χ0) is 20.3. The largest absolute Gasteiger partial charge is 0.467 e. The van der Waals surface area contributed by atoms with Gasteiger partial charge in [-0.15, -0.1) is 0 Å². The summed E-state index contributed by atoms with van der Waals surface area (Å²) in [6.45, 7) is 1.14. The maximum absolute atomic E-state index is 13.9. The van der Waals surface area contributed by atoms with Gasteiger partial charge >= 0.3 is 5.97 Å². The molecule has 2 aliphatic heterocycles. The Labute approximate surface area is 162 Å². The van der Waals surface area contributed by atoms with Gasteiger partial charge in [0.25, 0.3) is 5.91 Å². The van der Waals surface area contributed by atoms with Crippen LogP contribution in [0.15, 0.2) is 18.2 Å². The van der Waals surface area contributed by atoms with E-state index in [1.807, 2.05) is 0 Å². The summed E-state index contributed by atoms with van der Waals surface area (Å²) in [5.74, 6) is -2.90. The Morgan fingerprint density at radius 1 is 1.04 bits per heavy atom. The molecule has 0 N–H and O–H groups in total. The van der Waals surface area contributed by atoms with Crippen molar-refractivity contribution in [3.8, 4) is 0 Å². The number of methoxy groups -OCH3 is 1. The highest BCUT2D eigenvalue weighted by atomic mass is 19.1. The molecule has 3 rings (SSSR count). The molecule has 2 heterocycles. The zero-order valence-corrected chi connectivity index (χ0v) is 15.8. The normalized spacial score (nSPS) is 20.8. The molecule has 0 saturated carbocycles. The van der Waals surface area contributed by atoms with E-state index in [9.17, 15) is 23.2 Å². The van der Waals surface area contributed by atoms with Crippen molar-refractivity contribution in [3.63, 3.8) is 0 Å². The average Bonchev–Trinajstić information content (AvgIpc) is 2.72. The minimum Gasteiger partial charge on any atom is -0.467 e. The van der Waals surface area contributed by atoms with Crippen LogP contribution in [-0.2, 0) is 14.3 Å². The molecule has 0 aliphatic carbocycles. The molecule has 152 valence electrons. The highest BCUT2D eigenvalue weighted by Gasteiger charge is 2.37. The van der Waals surface area contributed by atoms with Crippen LogP contribution in [0.4, 0.5) is 8.78 Å². The Hall–Kier alpha value is -2.51. The SMILES string of the molecule is COC(=O)C1CCCCN1C(=O)C1CCN(C(=O)c2ccc(F)cc2F)CC1. The third-order valence-corrected chi connectivity index (χ3v) is 5.55. The zero-order valence-electron chi connectivity index (χ0n) is 15.8. The van der Waals surface area contributed by atoms with Crippen molar-refractivity contribution >= 4 is 17.8 Å². The fourth-order valence-corrected chi connectivity index (χ4v) is 3.97. The Bertz CT molecular complexity index is 763. The molecule has 0 radical (unpaired) electrons. The minimum atomic E-state index is -0.891. The fraction of sp³-hybridized carbons (Fsp3) is 0.550. The molecule has 28 heavy (non-hydrogen) atoms. The number of hydrogen-bond donors (Lipinski definition) is 0. The lowest BCUT2D eigenvalue weighted by Crippen LogP contribution is -2.52. The molecule has 1 aromatic carbocycles. The summed E-state index contributed by atoms with van der Waals surface area (Å²) in [5, 5.41) is 0. The van der Waals surface area contributed by atoms with Crippen molar-refractivity contribution < 1.29 is 27.9 Å². The number of amides is 2. The number of likely N-dealkylation sites (tertiary alicyclic amines) is 2. The lowest BCUT2D eigenvalue weighted by atomic mass is 9.92. The predicted molar refractivity (Wildman–Crippen MR) is 96.4 cm³/mol. The topological polar surface area (TPSA) is 66.9 Å². The van der Waals surface area contributed by atoms with E-state index in [-0.39, 0.29) is 17.4 Å². The van der Waals surface area contributed by atoms with Gasteiger partial charge in [-0.3, -0.25) is 9.59 Å². The lowest BCUT2D eigenvalue weighted by molar-refractivity contribution is -0.156. The lowest BCUT2D eigenvalue weighted by Gasteiger charge is -2.38. The average molecular weight is 394 g/mol. The standard InChI is InChI=1S/C20H24F2N2O4/c1-28-20(27)17-4-2-3-9-24(17)18(25)13-7-10-23(11-8-13)19(26)15-6-5-14(21)12-16(15)22/h5-6,12-13,17H,2-4,7-11H2,1H3. The van der Waals surface area contributed by atoms with E-state index < -0.39 is 29.6 Å². The van der Waals surface area contributed by atoms with Crippen molar-refractivity contribution in [2.75, 3.05) is 26.7 Å². The maximum Gasteiger partial charge on any atom is 0.328 e. The Balaban J connectivity index is 1.62. The van der Waals surface area contributed by atoms with Gasteiger partial charge in [-0.1, -0.05) is 0 Å². The van der Waals surface area contributed by atoms with Gasteiger partial charge in [0.05, 0.1) is 12.7 Å². The second-order valence-electron chi connectivity index (χ2n) is 7.26. The third-order valence-electron chi connectivity index (χ3n) is 5.55. The van der Waals surface area contributed by atoms with Gasteiger partial charge in [-0.2, -0.15) is 0 Å². The maximum atomic E-state index is 13.9. The first-order chi connectivity index (χ1) is 13.4. The van der Waals surface area contributed by atoms with Crippen molar-refractivity contribution in [1.29, 1.82) is 0 Å². The number of esters is 1. The molecule has 6 nitrogen and oxygen atoms in total. The molecule has 1 aromatic rings. The summed E-state index contributed by atoms with van der Waals surface area (Å²) < 4.78 is 31.7. The molecule has 8 heteroatoms. The van der Waals surface area contributed by atoms with Crippen LogP contribution in [-0.4, -0.2) is 60.4 Å². The number of benzene rings is 1. The van der Waals surface area contributed by atoms with E-state index in [4.69, 9.17) is 4.74 Å². The van der Waals surface area contributed by atoms with Crippen LogP contribution in [0.3, 0.4) is 0 Å². The summed E-state index contributed by atoms with van der Waals surface area (Å²) in [5.41, 5.74) is -0.173. The molecule has 0 spiro atoms. The number of hydrogen-bond acceptors (Lipinski definition) is 4. The molecule has 2 saturated heterocycles. The molecule has 2 aliphatic rings. The summed E-state index contributed by atoms with van der Waals surface area (Å²) in [4.78, 5) is 40.5. The number of carbonyl (C=O) groups excluding carboxylic acids is 3. The number of nitrogens with zero attached hydrogens (tertiary/aromatic N) is 2. The number of rotatable bonds is 3. The first kappa shape index (κ1) is 20.2. The number of halogens is 2. The van der Waals surface area contributed by atoms with Crippen molar-refractivity contribution in [1.82, 2.24) is 9.80 Å². The Morgan fingerprint density at radius 3 is 2.39 bits per heavy atom. The van der Waals surface area contributed by atoms with Gasteiger partial charge < -0.3 is 14.5 Å². The van der Waals surface area contributed by atoms with Crippen LogP contribution in [0.1, 0.15) is 42.5 Å². The molecule has 2 amide bonds. The van der Waals surface area contributed by atoms with E-state index in [0.717, 1.165) is 25.0 Å². The first-order valence-electron chi connectivity index (χ1n) is 9.55. The van der Waals surface area contributed by atoms with Crippen LogP contribution in [0, 0.1) is 17.6 Å². The quantitative estimate of drug-likeness (QED) is 0.739. The Kier molecular flexibility index (Phi) is 6.26. The van der Waals surface area contributed by atoms with Gasteiger partial charge in [0.2, 0.25) is 5.91 Å². The van der Waals surface area contributed by atoms with Crippen LogP contribution in [0.25, 0.3) is 0 Å². The van der Waals surface area contributed by atoms with Crippen molar-refractivity contribution in [2.45, 2.75) is 38.1 Å². The smallest absolute Gasteiger partial charge is 0.328 e. The molecule has 2 fully saturated rings. The predicted octanol–water partition coefficient (Wildman–Crippen LogP) is 2.37. The first-order valence-corrected chi connectivity index (χ1v) is 9.55. The van der Waals surface area contributed by atoms with Crippen LogP contribution >= 0.6 is 0 Å². The third kappa shape index (κ3) is 4.15. The second-order valence-corrected chi connectivity index (χ2v) is 7.26. The van der Waals surface area contributed by atoms with E-state index in [0.29, 0.717) is 45.0 Å². The second kappa shape index (κ2) is 8.67. The molecule has 1 atom stereocenters. The van der Waals surface area contributed by atoms with E-state index in [1.165, 1.54) is 12.0 Å². The number of carbonyl (C=O) groups is 3. The summed E-state index contributed by atoms with van der Waals surface area (Å²) in [6, 6.07) is 2.33. The van der Waals surface area contributed by atoms with Crippen LogP contribution in [0.5, 0.6) is 0 Å². The fourth-order valence-electron chi connectivity index (χ4n) is 3.97. The van der Waals surface area contributed by atoms with Crippen molar-refractivity contribution in [3.05, 3.63) is 35.4 Å². The summed E-state index contributed by atoms with van der Waals surface area (Å²) >= 11 is 0. The number of ether oxygens (including phenoxy) is 1. The van der Waals surface area contributed by atoms with E-state index >= 15 is 0 Å². The summed E-state index contributed by atoms with van der Waals surface area (Å²) in [6.07, 6.45) is 3.20. The Morgan fingerprint density at radius 2 is 1.75 bits per heavy atom. The molecular weight excluding hydrogens is 370 g/mol. The van der Waals surface area contributed by atoms with Gasteiger partial charge in [-0.25, -0.2) is 13.6 Å². The van der Waals surface area contributed by atoms with Crippen LogP contribution < -0.4 is 0 Å². The van der Waals surface area contributed by atoms with Crippen molar-refractivity contribution in [2.24, 2.45) is 5.92 Å². The molecule has 0 bridgehead atoms.